The first kappa shape index (κ1) is 60.4. The molecule has 2 N–H and O–H groups in total. The van der Waals surface area contributed by atoms with Crippen molar-refractivity contribution in [3.05, 3.63) is 215 Å². The van der Waals surface area contributed by atoms with Gasteiger partial charge in [-0.2, -0.15) is 0 Å². The van der Waals surface area contributed by atoms with E-state index in [9.17, 15) is 9.59 Å². The van der Waals surface area contributed by atoms with Crippen molar-refractivity contribution in [3.8, 4) is 0 Å². The zero-order valence-corrected chi connectivity index (χ0v) is 51.8. The summed E-state index contributed by atoms with van der Waals surface area (Å²) in [5, 5.41) is 16.3. The van der Waals surface area contributed by atoms with Crippen LogP contribution in [0.5, 0.6) is 0 Å². The summed E-state index contributed by atoms with van der Waals surface area (Å²) in [6, 6.07) is 67.1. The van der Waals surface area contributed by atoms with Gasteiger partial charge >= 0.3 is 409 Å². The molecule has 0 aliphatic heterocycles. The molecule has 0 spiro atoms. The Balaban J connectivity index is 0.000000263. The second-order valence-electron chi connectivity index (χ2n) is 24.1. The minimum absolute atomic E-state index is 0.0628. The first-order valence-corrected chi connectivity index (χ1v) is 38.4. The van der Waals surface area contributed by atoms with Crippen LogP contribution in [0.4, 0.5) is 0 Å². The molecule has 0 heterocycles. The summed E-state index contributed by atoms with van der Waals surface area (Å²) in [6.45, 7) is 29.6. The van der Waals surface area contributed by atoms with E-state index >= 15 is 0 Å². The van der Waals surface area contributed by atoms with Gasteiger partial charge in [0.15, 0.2) is 0 Å². The minimum atomic E-state index is -1.84. The third kappa shape index (κ3) is 20.3. The van der Waals surface area contributed by atoms with Gasteiger partial charge in [-0.15, -0.1) is 0 Å². The molecule has 0 aromatic heterocycles. The molecule has 0 amide bonds. The monoisotopic (exact) mass is 1180 g/mol. The van der Waals surface area contributed by atoms with Gasteiger partial charge < -0.3 is 10.2 Å². The van der Waals surface area contributed by atoms with Crippen molar-refractivity contribution in [2.75, 3.05) is 0 Å². The molecule has 0 bridgehead atoms. The number of carboxylic acid groups (broad SMARTS) is 2. The van der Waals surface area contributed by atoms with Crippen LogP contribution in [0.1, 0.15) is 142 Å². The summed E-state index contributed by atoms with van der Waals surface area (Å²) in [7, 11) is 0. The van der Waals surface area contributed by atoms with Crippen molar-refractivity contribution in [2.45, 2.75) is 168 Å². The van der Waals surface area contributed by atoms with Crippen LogP contribution in [0.15, 0.2) is 182 Å². The van der Waals surface area contributed by atoms with Gasteiger partial charge in [0.2, 0.25) is 0 Å². The van der Waals surface area contributed by atoms with Gasteiger partial charge in [-0.25, -0.2) is 0 Å². The molecular formula is C66H88O4Sn2. The molecular weight excluding hydrogens is 1090 g/mol. The van der Waals surface area contributed by atoms with Gasteiger partial charge in [0, 0.05) is 12.8 Å². The Bertz CT molecular complexity index is 2040. The molecule has 6 heteroatoms. The van der Waals surface area contributed by atoms with Crippen molar-refractivity contribution < 1.29 is 19.8 Å². The second kappa shape index (κ2) is 27.9. The van der Waals surface area contributed by atoms with E-state index in [1.54, 1.807) is 0 Å². The van der Waals surface area contributed by atoms with Crippen LogP contribution < -0.4 is 0 Å². The predicted octanol–water partition coefficient (Wildman–Crippen LogP) is 17.5. The number of hydrogen-bond acceptors (Lipinski definition) is 2. The standard InChI is InChI=1S/6C10H13.C6H10O4.2Sn/c6*1-10(2,3)9-7-5-4-6-8-9;7-5(8)3-1-2-4-6(9)10;;/h6*4-8H,1H2,2-3H3;1-4H2,(H,7,8)(H,9,10);;. The maximum Gasteiger partial charge on any atom is 0.303 e. The molecule has 0 fully saturated rings. The van der Waals surface area contributed by atoms with Crippen LogP contribution in [0.25, 0.3) is 0 Å². The number of rotatable bonds is 23. The Morgan fingerprint density at radius 1 is 0.292 bits per heavy atom. The van der Waals surface area contributed by atoms with E-state index in [1.807, 2.05) is 0 Å². The summed E-state index contributed by atoms with van der Waals surface area (Å²) >= 11 is -3.68. The fraction of sp³-hybridized carbons (Fsp3) is 0.424. The zero-order chi connectivity index (χ0) is 53.1. The number of carbonyl (C=O) groups is 2. The zero-order valence-electron chi connectivity index (χ0n) is 46.1. The van der Waals surface area contributed by atoms with E-state index in [2.05, 4.69) is 265 Å². The fourth-order valence-electron chi connectivity index (χ4n) is 10.6. The SMILES string of the molecule is CC(C)([CH2][Sn]([CH2]C(C)(C)c1ccccc1)[CH2]C(C)(C)c1ccccc1)c1ccccc1.CC(C)([CH2][Sn]([CH2]C(C)(C)c1ccccc1)[CH2]C(C)(C)c1ccccc1)c1ccccc1.O=C(O)CCCCC(=O)O. The Morgan fingerprint density at radius 3 is 0.556 bits per heavy atom. The maximum absolute atomic E-state index is 9.90. The average Bonchev–Trinajstić information content (AvgIpc) is 3.34. The molecule has 0 atom stereocenters. The summed E-state index contributed by atoms with van der Waals surface area (Å²) < 4.78 is 8.28. The Labute approximate surface area is 451 Å². The van der Waals surface area contributed by atoms with Gasteiger partial charge in [0.1, 0.15) is 0 Å². The molecule has 6 aromatic carbocycles. The molecule has 0 unspecified atom stereocenters. The topological polar surface area (TPSA) is 74.6 Å². The van der Waals surface area contributed by atoms with Crippen molar-refractivity contribution in [2.24, 2.45) is 0 Å². The molecule has 4 nitrogen and oxygen atoms in total. The van der Waals surface area contributed by atoms with Gasteiger partial charge in [0.05, 0.1) is 0 Å². The Morgan fingerprint density at radius 2 is 0.431 bits per heavy atom. The fourth-order valence-corrected chi connectivity index (χ4v) is 37.7. The molecule has 0 aliphatic carbocycles. The second-order valence-corrected chi connectivity index (χ2v) is 38.7. The molecule has 384 valence electrons. The van der Waals surface area contributed by atoms with E-state index in [4.69, 9.17) is 10.2 Å². The molecule has 0 saturated carbocycles. The maximum atomic E-state index is 9.90. The Hall–Kier alpha value is -4.14. The van der Waals surface area contributed by atoms with Gasteiger partial charge in [-0.05, 0) is 12.8 Å². The number of unbranched alkanes of at least 4 members (excludes halogenated alkanes) is 1. The van der Waals surface area contributed by atoms with E-state index in [0.717, 1.165) is 0 Å². The van der Waals surface area contributed by atoms with Crippen molar-refractivity contribution in [1.29, 1.82) is 0 Å². The minimum Gasteiger partial charge on any atom is -0.481 e. The summed E-state index contributed by atoms with van der Waals surface area (Å²) in [6.07, 6.45) is 1.02. The van der Waals surface area contributed by atoms with Crippen LogP contribution in [0.3, 0.4) is 0 Å². The summed E-state index contributed by atoms with van der Waals surface area (Å²) in [5.74, 6) is -1.74. The number of benzene rings is 6. The first-order valence-electron chi connectivity index (χ1n) is 26.3. The number of hydrogen-bond donors (Lipinski definition) is 2. The average molecular weight is 1180 g/mol. The van der Waals surface area contributed by atoms with Crippen LogP contribution in [-0.4, -0.2) is 61.7 Å². The van der Waals surface area contributed by atoms with Gasteiger partial charge in [-0.1, -0.05) is 0 Å². The van der Waals surface area contributed by atoms with Crippen molar-refractivity contribution in [3.63, 3.8) is 0 Å². The molecule has 0 saturated heterocycles. The van der Waals surface area contributed by atoms with Crippen molar-refractivity contribution in [1.82, 2.24) is 0 Å². The van der Waals surface area contributed by atoms with Gasteiger partial charge in [-0.3, -0.25) is 9.59 Å². The van der Waals surface area contributed by atoms with Crippen LogP contribution >= 0.6 is 0 Å². The summed E-state index contributed by atoms with van der Waals surface area (Å²) in [4.78, 5) is 19.8. The smallest absolute Gasteiger partial charge is 0.303 e. The molecule has 6 aromatic rings. The van der Waals surface area contributed by atoms with Crippen molar-refractivity contribution >= 4 is 51.5 Å². The van der Waals surface area contributed by atoms with Crippen LogP contribution in [-0.2, 0) is 42.1 Å². The van der Waals surface area contributed by atoms with E-state index < -0.39 is 51.5 Å². The Kier molecular flexibility index (Phi) is 23.5. The molecule has 2 radical (unpaired) electrons. The normalized spacial score (nSPS) is 12.4. The molecule has 0 aliphatic rings. The first-order chi connectivity index (χ1) is 33.8. The number of aliphatic carboxylic acids is 2. The predicted molar refractivity (Wildman–Crippen MR) is 311 cm³/mol. The third-order valence-electron chi connectivity index (χ3n) is 14.5. The van der Waals surface area contributed by atoms with E-state index in [0.29, 0.717) is 12.8 Å². The largest absolute Gasteiger partial charge is 0.481 e. The quantitative estimate of drug-likeness (QED) is 0.0495. The van der Waals surface area contributed by atoms with Crippen LogP contribution in [0.2, 0.25) is 26.6 Å². The third-order valence-corrected chi connectivity index (χ3v) is 38.2. The van der Waals surface area contributed by atoms with Gasteiger partial charge in [0.25, 0.3) is 0 Å². The summed E-state index contributed by atoms with van der Waals surface area (Å²) in [5.41, 5.74) is 10.3. The van der Waals surface area contributed by atoms with E-state index in [-0.39, 0.29) is 45.3 Å². The number of carboxylic acids is 2. The molecule has 6 rings (SSSR count). The van der Waals surface area contributed by atoms with Crippen LogP contribution in [0, 0.1) is 0 Å². The van der Waals surface area contributed by atoms with E-state index in [1.165, 1.54) is 60.0 Å². The molecule has 72 heavy (non-hydrogen) atoms.